The van der Waals surface area contributed by atoms with E-state index in [0.29, 0.717) is 22.3 Å². The zero-order valence-electron chi connectivity index (χ0n) is 22.8. The molecule has 5 rings (SSSR count). The monoisotopic (exact) mass is 560 g/mol. The van der Waals surface area contributed by atoms with Gasteiger partial charge < -0.3 is 24.8 Å². The summed E-state index contributed by atoms with van der Waals surface area (Å²) < 4.78 is 11.8. The van der Waals surface area contributed by atoms with Crippen LogP contribution < -0.4 is 9.47 Å². The van der Waals surface area contributed by atoms with Gasteiger partial charge in [-0.3, -0.25) is 9.59 Å². The van der Waals surface area contributed by atoms with Gasteiger partial charge in [0.25, 0.3) is 0 Å². The predicted molar refractivity (Wildman–Crippen MR) is 159 cm³/mol. The van der Waals surface area contributed by atoms with Gasteiger partial charge in [0, 0.05) is 11.1 Å². The number of ether oxygens (including phenoxy) is 2. The van der Waals surface area contributed by atoms with Gasteiger partial charge in [-0.25, -0.2) is 0 Å². The number of carbonyl (C=O) groups excluding carboxylic acids is 2. The Balaban J connectivity index is 1.67. The Bertz CT molecular complexity index is 1580. The molecule has 42 heavy (non-hydrogen) atoms. The lowest BCUT2D eigenvalue weighted by molar-refractivity contribution is -0.134. The van der Waals surface area contributed by atoms with Crippen LogP contribution in [0.4, 0.5) is 0 Å². The van der Waals surface area contributed by atoms with Crippen LogP contribution in [-0.4, -0.2) is 27.3 Å². The van der Waals surface area contributed by atoms with E-state index in [1.165, 1.54) is 24.3 Å². The van der Waals surface area contributed by atoms with Gasteiger partial charge in [-0.2, -0.15) is 0 Å². The topological polar surface area (TPSA) is 113 Å². The molecule has 0 unspecified atom stereocenters. The van der Waals surface area contributed by atoms with E-state index in [0.717, 1.165) is 11.1 Å². The summed E-state index contributed by atoms with van der Waals surface area (Å²) in [7, 11) is 0. The fraction of sp³-hybridized carbons (Fsp3) is 0.0857. The third-order valence-electron chi connectivity index (χ3n) is 6.75. The lowest BCUT2D eigenvalue weighted by Crippen LogP contribution is -2.15. The van der Waals surface area contributed by atoms with Gasteiger partial charge in [0.05, 0.1) is 18.4 Å². The second-order valence-electron chi connectivity index (χ2n) is 9.75. The molecule has 0 saturated carbocycles. The number of hydrogen-bond donors (Lipinski definition) is 3. The number of hydrogen-bond acceptors (Lipinski definition) is 7. The fourth-order valence-corrected chi connectivity index (χ4v) is 4.73. The molecule has 7 nitrogen and oxygen atoms in total. The van der Waals surface area contributed by atoms with Crippen molar-refractivity contribution in [3.05, 3.63) is 126 Å². The van der Waals surface area contributed by atoms with Gasteiger partial charge in [0.15, 0.2) is 11.5 Å². The van der Waals surface area contributed by atoms with Gasteiger partial charge in [-0.15, -0.1) is 0 Å². The number of carbonyl (C=O) groups is 2. The largest absolute Gasteiger partial charge is 0.508 e. The zero-order valence-corrected chi connectivity index (χ0v) is 22.8. The fourth-order valence-electron chi connectivity index (χ4n) is 4.73. The van der Waals surface area contributed by atoms with Gasteiger partial charge in [-0.05, 0) is 53.4 Å². The number of benzene rings is 5. The van der Waals surface area contributed by atoms with Crippen LogP contribution in [0.2, 0.25) is 0 Å². The molecule has 0 atom stereocenters. The van der Waals surface area contributed by atoms with Crippen LogP contribution in [0.25, 0.3) is 22.3 Å². The highest BCUT2D eigenvalue weighted by Gasteiger charge is 2.29. The highest BCUT2D eigenvalue weighted by Crippen LogP contribution is 2.52. The molecule has 3 N–H and O–H groups in total. The highest BCUT2D eigenvalue weighted by atomic mass is 16.5. The van der Waals surface area contributed by atoms with Crippen molar-refractivity contribution in [3.63, 3.8) is 0 Å². The van der Waals surface area contributed by atoms with Crippen LogP contribution in [0.5, 0.6) is 28.7 Å². The van der Waals surface area contributed by atoms with Crippen molar-refractivity contribution in [2.75, 3.05) is 0 Å². The summed E-state index contributed by atoms with van der Waals surface area (Å²) >= 11 is 0. The Hall–Kier alpha value is -5.56. The van der Waals surface area contributed by atoms with Crippen LogP contribution in [0.1, 0.15) is 16.7 Å². The first kappa shape index (κ1) is 28.0. The molecule has 0 aliphatic heterocycles. The third-order valence-corrected chi connectivity index (χ3v) is 6.75. The van der Waals surface area contributed by atoms with Gasteiger partial charge in [0.1, 0.15) is 17.2 Å². The van der Waals surface area contributed by atoms with Gasteiger partial charge in [0.2, 0.25) is 0 Å². The van der Waals surface area contributed by atoms with E-state index in [1.807, 2.05) is 48.5 Å². The van der Waals surface area contributed by atoms with Crippen molar-refractivity contribution < 1.29 is 34.4 Å². The molecule has 0 amide bonds. The number of aromatic hydroxyl groups is 3. The molecule has 5 aromatic carbocycles. The molecule has 0 bridgehead atoms. The quantitative estimate of drug-likeness (QED) is 0.142. The summed E-state index contributed by atoms with van der Waals surface area (Å²) in [6, 6.07) is 30.3. The van der Waals surface area contributed by atoms with E-state index in [4.69, 9.17) is 9.47 Å². The summed E-state index contributed by atoms with van der Waals surface area (Å²) in [5.74, 6) is -1.60. The third kappa shape index (κ3) is 6.26. The van der Waals surface area contributed by atoms with Crippen molar-refractivity contribution >= 4 is 11.9 Å². The van der Waals surface area contributed by atoms with Crippen LogP contribution in [-0.2, 0) is 22.4 Å². The first-order chi connectivity index (χ1) is 20.3. The first-order valence-electron chi connectivity index (χ1n) is 13.3. The minimum atomic E-state index is -0.610. The number of rotatable bonds is 8. The van der Waals surface area contributed by atoms with E-state index in [9.17, 15) is 24.9 Å². The average Bonchev–Trinajstić information content (AvgIpc) is 2.98. The van der Waals surface area contributed by atoms with Crippen LogP contribution in [0.15, 0.2) is 109 Å². The molecule has 0 spiro atoms. The van der Waals surface area contributed by atoms with Crippen LogP contribution >= 0.6 is 0 Å². The van der Waals surface area contributed by atoms with Crippen LogP contribution in [0.3, 0.4) is 0 Å². The summed E-state index contributed by atoms with van der Waals surface area (Å²) in [5, 5.41) is 31.6. The zero-order chi connectivity index (χ0) is 29.6. The normalized spacial score (nSPS) is 10.7. The van der Waals surface area contributed by atoms with E-state index in [2.05, 4.69) is 0 Å². The summed E-state index contributed by atoms with van der Waals surface area (Å²) in [4.78, 5) is 26.3. The predicted octanol–water partition coefficient (Wildman–Crippen LogP) is 6.74. The Labute approximate surface area is 242 Å². The molecule has 0 aromatic heterocycles. The van der Waals surface area contributed by atoms with E-state index < -0.39 is 17.7 Å². The molecule has 0 aliphatic carbocycles. The molecule has 0 radical (unpaired) electrons. The lowest BCUT2D eigenvalue weighted by atomic mass is 9.91. The molecular formula is C35H28O7. The first-order valence-corrected chi connectivity index (χ1v) is 13.3. The molecule has 5 aromatic rings. The van der Waals surface area contributed by atoms with Crippen molar-refractivity contribution in [1.29, 1.82) is 0 Å². The molecule has 0 aliphatic rings. The van der Waals surface area contributed by atoms with Gasteiger partial charge >= 0.3 is 11.9 Å². The summed E-state index contributed by atoms with van der Waals surface area (Å²) in [6.07, 6.45) is -0.0604. The minimum Gasteiger partial charge on any atom is -0.508 e. The van der Waals surface area contributed by atoms with E-state index in [-0.39, 0.29) is 41.4 Å². The Morgan fingerprint density at radius 1 is 0.548 bits per heavy atom. The van der Waals surface area contributed by atoms with E-state index >= 15 is 0 Å². The highest BCUT2D eigenvalue weighted by molar-refractivity contribution is 5.94. The summed E-state index contributed by atoms with van der Waals surface area (Å²) in [5.41, 5.74) is 3.29. The van der Waals surface area contributed by atoms with E-state index in [1.54, 1.807) is 43.3 Å². The smallest absolute Gasteiger partial charge is 0.315 e. The van der Waals surface area contributed by atoms with Gasteiger partial charge in [-0.1, -0.05) is 84.9 Å². The number of esters is 2. The molecular weight excluding hydrogens is 532 g/mol. The molecule has 0 fully saturated rings. The molecule has 210 valence electrons. The second kappa shape index (κ2) is 12.3. The SMILES string of the molecule is Cc1c(OC(=O)Cc2ccccc2)c(-c2ccc(O)cc2)c(O)c(OC(=O)Cc2ccccc2)c1-c1ccc(O)cc1. The molecule has 0 heterocycles. The minimum absolute atomic E-state index is 0.00723. The maximum Gasteiger partial charge on any atom is 0.315 e. The van der Waals surface area contributed by atoms with Crippen molar-refractivity contribution in [2.45, 2.75) is 19.8 Å². The van der Waals surface area contributed by atoms with Crippen molar-refractivity contribution in [1.82, 2.24) is 0 Å². The van der Waals surface area contributed by atoms with Crippen LogP contribution in [0, 0.1) is 6.92 Å². The maximum absolute atomic E-state index is 13.2. The lowest BCUT2D eigenvalue weighted by Gasteiger charge is -2.22. The Kier molecular flexibility index (Phi) is 8.20. The molecule has 7 heteroatoms. The Morgan fingerprint density at radius 3 is 1.40 bits per heavy atom. The summed E-state index contributed by atoms with van der Waals surface area (Å²) in [6.45, 7) is 1.70. The second-order valence-corrected chi connectivity index (χ2v) is 9.75. The van der Waals surface area contributed by atoms with Crippen molar-refractivity contribution in [2.24, 2.45) is 0 Å². The Morgan fingerprint density at radius 2 is 0.952 bits per heavy atom. The average molecular weight is 561 g/mol. The maximum atomic E-state index is 13.2. The van der Waals surface area contributed by atoms with Crippen molar-refractivity contribution in [3.8, 4) is 51.0 Å². The molecule has 0 saturated heterocycles. The number of phenols is 3. The standard InChI is InChI=1S/C35H28O7/c1-22-31(25-12-16-27(36)17-13-25)35(42-30(39)21-24-10-6-3-7-11-24)33(40)32(26-14-18-28(37)19-15-26)34(22)41-29(38)20-23-8-4-2-5-9-23/h2-19,36-37,40H,20-21H2,1H3. The number of phenolic OH excluding ortho intramolecular Hbond substituents is 3.